The Morgan fingerprint density at radius 1 is 1.25 bits per heavy atom. The number of nitrogens with two attached hydrogens (primary N) is 1. The Kier molecular flexibility index (Phi) is 6.61. The van der Waals surface area contributed by atoms with Gasteiger partial charge in [-0.05, 0) is 19.9 Å². The average molecular weight is 445 g/mol. The van der Waals surface area contributed by atoms with Gasteiger partial charge in [0.25, 0.3) is 0 Å². The molecule has 2 amide bonds. The summed E-state index contributed by atoms with van der Waals surface area (Å²) >= 11 is 0. The molecule has 10 heteroatoms. The van der Waals surface area contributed by atoms with E-state index in [9.17, 15) is 4.79 Å². The summed E-state index contributed by atoms with van der Waals surface area (Å²) in [6, 6.07) is 2.23. The van der Waals surface area contributed by atoms with Gasteiger partial charge in [-0.25, -0.2) is 13.6 Å². The van der Waals surface area contributed by atoms with Crippen molar-refractivity contribution in [1.29, 1.82) is 0 Å². The quantitative estimate of drug-likeness (QED) is 0.684. The molecule has 0 saturated carbocycles. The SMILES string of the molecule is CCN1C(=O)N(c2c(F)c(OC)cc(OC)c2F)Cc2cnc(C(C=NC)=C(C)N)cc21. The molecule has 0 unspecified atom stereocenters. The molecule has 8 nitrogen and oxygen atoms in total. The third-order valence-electron chi connectivity index (χ3n) is 5.14. The van der Waals surface area contributed by atoms with Gasteiger partial charge in [-0.1, -0.05) is 0 Å². The van der Waals surface area contributed by atoms with Crippen LogP contribution in [-0.2, 0) is 6.54 Å². The largest absolute Gasteiger partial charge is 0.493 e. The van der Waals surface area contributed by atoms with Crippen molar-refractivity contribution in [2.75, 3.05) is 37.6 Å². The topological polar surface area (TPSA) is 93.3 Å². The van der Waals surface area contributed by atoms with Gasteiger partial charge >= 0.3 is 6.03 Å². The molecule has 1 aromatic heterocycles. The van der Waals surface area contributed by atoms with E-state index in [1.807, 2.05) is 0 Å². The minimum atomic E-state index is -0.994. The molecule has 1 aromatic carbocycles. The Balaban J connectivity index is 2.17. The number of amides is 2. The number of hydrogen-bond acceptors (Lipinski definition) is 6. The van der Waals surface area contributed by atoms with Gasteiger partial charge in [-0.3, -0.25) is 19.8 Å². The normalized spacial score (nSPS) is 14.5. The van der Waals surface area contributed by atoms with E-state index in [2.05, 4.69) is 9.98 Å². The van der Waals surface area contributed by atoms with Crippen molar-refractivity contribution in [1.82, 2.24) is 4.98 Å². The van der Waals surface area contributed by atoms with Gasteiger partial charge in [0.15, 0.2) is 23.1 Å². The number of nitrogens with zero attached hydrogens (tertiary/aromatic N) is 4. The fraction of sp³-hybridized carbons (Fsp3) is 0.318. The molecule has 2 heterocycles. The molecule has 0 aliphatic carbocycles. The lowest BCUT2D eigenvalue weighted by Gasteiger charge is -2.37. The minimum absolute atomic E-state index is 0.0926. The number of halogens is 2. The van der Waals surface area contributed by atoms with E-state index in [1.165, 1.54) is 19.1 Å². The first-order valence-electron chi connectivity index (χ1n) is 9.85. The zero-order chi connectivity index (χ0) is 23.6. The monoisotopic (exact) mass is 445 g/mol. The van der Waals surface area contributed by atoms with Gasteiger partial charge in [0.05, 0.1) is 32.1 Å². The van der Waals surface area contributed by atoms with Crippen molar-refractivity contribution in [2.24, 2.45) is 10.7 Å². The zero-order valence-electron chi connectivity index (χ0n) is 18.6. The third kappa shape index (κ3) is 3.83. The lowest BCUT2D eigenvalue weighted by atomic mass is 10.1. The highest BCUT2D eigenvalue weighted by Gasteiger charge is 2.36. The van der Waals surface area contributed by atoms with E-state index in [0.29, 0.717) is 28.2 Å². The molecule has 2 aromatic rings. The van der Waals surface area contributed by atoms with Crippen molar-refractivity contribution in [3.63, 3.8) is 0 Å². The first kappa shape index (κ1) is 23.0. The van der Waals surface area contributed by atoms with Crippen LogP contribution in [0.4, 0.5) is 25.0 Å². The molecular formula is C22H25F2N5O3. The molecule has 0 fully saturated rings. The zero-order valence-corrected chi connectivity index (χ0v) is 18.6. The Labute approximate surface area is 185 Å². The molecule has 2 N–H and O–H groups in total. The molecule has 3 rings (SSSR count). The van der Waals surface area contributed by atoms with E-state index < -0.39 is 23.4 Å². The molecule has 1 aliphatic heterocycles. The summed E-state index contributed by atoms with van der Waals surface area (Å²) in [5.74, 6) is -2.46. The maximum absolute atomic E-state index is 15.1. The summed E-state index contributed by atoms with van der Waals surface area (Å²) < 4.78 is 40.2. The van der Waals surface area contributed by atoms with E-state index in [4.69, 9.17) is 15.2 Å². The molecule has 32 heavy (non-hydrogen) atoms. The van der Waals surface area contributed by atoms with Crippen molar-refractivity contribution >= 4 is 29.2 Å². The highest BCUT2D eigenvalue weighted by Crippen LogP contribution is 2.41. The Morgan fingerprint density at radius 2 is 1.88 bits per heavy atom. The van der Waals surface area contributed by atoms with Crippen LogP contribution < -0.4 is 25.0 Å². The maximum Gasteiger partial charge on any atom is 0.329 e. The molecule has 0 bridgehead atoms. The minimum Gasteiger partial charge on any atom is -0.493 e. The number of ether oxygens (including phenoxy) is 2. The molecule has 0 spiro atoms. The predicted molar refractivity (Wildman–Crippen MR) is 119 cm³/mol. The smallest absolute Gasteiger partial charge is 0.329 e. The summed E-state index contributed by atoms with van der Waals surface area (Å²) in [6.07, 6.45) is 3.15. The Morgan fingerprint density at radius 3 is 2.38 bits per heavy atom. The number of aromatic nitrogens is 1. The summed E-state index contributed by atoms with van der Waals surface area (Å²) in [6.45, 7) is 3.66. The molecule has 170 valence electrons. The molecule has 1 aliphatic rings. The van der Waals surface area contributed by atoms with Crippen LogP contribution >= 0.6 is 0 Å². The number of urea groups is 1. The first-order chi connectivity index (χ1) is 15.3. The van der Waals surface area contributed by atoms with Crippen LogP contribution in [0.15, 0.2) is 29.0 Å². The number of methoxy groups -OCH3 is 2. The van der Waals surface area contributed by atoms with Crippen LogP contribution in [0.1, 0.15) is 25.1 Å². The van der Waals surface area contributed by atoms with Gasteiger partial charge in [-0.2, -0.15) is 0 Å². The summed E-state index contributed by atoms with van der Waals surface area (Å²) in [4.78, 5) is 24.2. The number of anilines is 2. The standard InChI is InChI=1S/C22H25F2N5O3/c1-6-28-16-7-15(14(10-26-3)12(2)25)27-9-13(16)11-29(22(28)30)21-19(23)17(31-4)8-18(32-5)20(21)24/h7-10H,6,11,25H2,1-5H3. The number of pyridine rings is 1. The van der Waals surface area contributed by atoms with Crippen LogP contribution in [0.2, 0.25) is 0 Å². The predicted octanol–water partition coefficient (Wildman–Crippen LogP) is 3.73. The van der Waals surface area contributed by atoms with Crippen molar-refractivity contribution in [3.05, 3.63) is 46.9 Å². The second-order valence-electron chi connectivity index (χ2n) is 7.05. The van der Waals surface area contributed by atoms with Crippen molar-refractivity contribution < 1.29 is 23.0 Å². The fourth-order valence-corrected chi connectivity index (χ4v) is 3.57. The molecular weight excluding hydrogens is 420 g/mol. The van der Waals surface area contributed by atoms with Crippen molar-refractivity contribution in [3.8, 4) is 11.5 Å². The lowest BCUT2D eigenvalue weighted by molar-refractivity contribution is 0.249. The number of carbonyl (C=O) groups is 1. The van der Waals surface area contributed by atoms with Crippen LogP contribution in [0, 0.1) is 11.6 Å². The van der Waals surface area contributed by atoms with Gasteiger partial charge in [-0.15, -0.1) is 0 Å². The van der Waals surface area contributed by atoms with Crippen LogP contribution in [0.5, 0.6) is 11.5 Å². The molecule has 0 saturated heterocycles. The van der Waals surface area contributed by atoms with E-state index in [0.717, 1.165) is 11.0 Å². The second kappa shape index (κ2) is 9.21. The third-order valence-corrected chi connectivity index (χ3v) is 5.14. The Hall–Kier alpha value is -3.69. The summed E-state index contributed by atoms with van der Waals surface area (Å²) in [5, 5.41) is 0. The number of rotatable bonds is 6. The number of aliphatic imine (C=N–C) groups is 1. The van der Waals surface area contributed by atoms with Gasteiger partial charge in [0.1, 0.15) is 5.69 Å². The van der Waals surface area contributed by atoms with E-state index >= 15 is 8.78 Å². The maximum atomic E-state index is 15.1. The second-order valence-corrected chi connectivity index (χ2v) is 7.05. The van der Waals surface area contributed by atoms with Gasteiger partial charge < -0.3 is 15.2 Å². The van der Waals surface area contributed by atoms with Gasteiger partial charge in [0, 0.05) is 48.9 Å². The van der Waals surface area contributed by atoms with Crippen LogP contribution in [-0.4, -0.2) is 45.0 Å². The summed E-state index contributed by atoms with van der Waals surface area (Å²) in [7, 11) is 4.12. The number of benzene rings is 1. The highest BCUT2D eigenvalue weighted by atomic mass is 19.1. The highest BCUT2D eigenvalue weighted by molar-refractivity contribution is 6.11. The first-order valence-corrected chi connectivity index (χ1v) is 9.85. The number of fused-ring (bicyclic) bond motifs is 1. The lowest BCUT2D eigenvalue weighted by Crippen LogP contribution is -2.48. The number of hydrogen-bond donors (Lipinski definition) is 1. The average Bonchev–Trinajstić information content (AvgIpc) is 2.77. The van der Waals surface area contributed by atoms with E-state index in [1.54, 1.807) is 39.4 Å². The van der Waals surface area contributed by atoms with Gasteiger partial charge in [0.2, 0.25) is 0 Å². The summed E-state index contributed by atoms with van der Waals surface area (Å²) in [5.41, 5.74) is 8.28. The number of carbonyl (C=O) groups excluding carboxylic acids is 1. The fourth-order valence-electron chi connectivity index (χ4n) is 3.57. The van der Waals surface area contributed by atoms with Crippen LogP contribution in [0.25, 0.3) is 5.57 Å². The molecule has 0 radical (unpaired) electrons. The number of allylic oxidation sites excluding steroid dienone is 2. The molecule has 0 atom stereocenters. The van der Waals surface area contributed by atoms with Crippen LogP contribution in [0.3, 0.4) is 0 Å². The van der Waals surface area contributed by atoms with E-state index in [-0.39, 0.29) is 24.6 Å². The van der Waals surface area contributed by atoms with Crippen molar-refractivity contribution in [2.45, 2.75) is 20.4 Å². The Bertz CT molecular complexity index is 1080.